The molecule has 0 radical (unpaired) electrons. The Morgan fingerprint density at radius 2 is 2.38 bits per heavy atom. The van der Waals surface area contributed by atoms with E-state index in [4.69, 9.17) is 4.74 Å². The Kier molecular flexibility index (Phi) is 6.36. The number of amides is 1. The van der Waals surface area contributed by atoms with Gasteiger partial charge in [-0.1, -0.05) is 6.07 Å². The fourth-order valence-corrected chi connectivity index (χ4v) is 2.92. The van der Waals surface area contributed by atoms with Crippen molar-refractivity contribution < 1.29 is 13.9 Å². The van der Waals surface area contributed by atoms with E-state index in [1.165, 1.54) is 12.1 Å². The number of benzene rings is 1. The van der Waals surface area contributed by atoms with Crippen LogP contribution in [0.2, 0.25) is 0 Å². The maximum atomic E-state index is 13.1. The lowest BCUT2D eigenvalue weighted by molar-refractivity contribution is -0.132. The van der Waals surface area contributed by atoms with Gasteiger partial charge in [0.1, 0.15) is 11.6 Å². The lowest BCUT2D eigenvalue weighted by Gasteiger charge is -2.32. The standard InChI is InChI=1S/C16H22FNO2S/c1-21-9-7-16(19)18-8-3-4-13(11-18)12-20-15-6-2-5-14(17)10-15/h2,5-6,10,13H,3-4,7-9,11-12H2,1H3/t13-/m1/s1. The third kappa shape index (κ3) is 5.23. The topological polar surface area (TPSA) is 29.5 Å². The van der Waals surface area contributed by atoms with Crippen LogP contribution in [0.5, 0.6) is 5.75 Å². The molecule has 0 N–H and O–H groups in total. The van der Waals surface area contributed by atoms with Crippen LogP contribution in [0.15, 0.2) is 24.3 Å². The van der Waals surface area contributed by atoms with Crippen LogP contribution in [0.4, 0.5) is 4.39 Å². The summed E-state index contributed by atoms with van der Waals surface area (Å²) in [6, 6.07) is 6.20. The van der Waals surface area contributed by atoms with Gasteiger partial charge in [-0.15, -0.1) is 0 Å². The first-order valence-electron chi connectivity index (χ1n) is 7.34. The van der Waals surface area contributed by atoms with Crippen LogP contribution in [-0.2, 0) is 4.79 Å². The van der Waals surface area contributed by atoms with E-state index < -0.39 is 0 Å². The summed E-state index contributed by atoms with van der Waals surface area (Å²) >= 11 is 1.70. The Bertz CT molecular complexity index is 469. The molecule has 0 aliphatic carbocycles. The number of likely N-dealkylation sites (tertiary alicyclic amines) is 1. The van der Waals surface area contributed by atoms with Crippen molar-refractivity contribution in [2.24, 2.45) is 5.92 Å². The molecule has 1 aromatic rings. The molecule has 5 heteroatoms. The Morgan fingerprint density at radius 3 is 3.14 bits per heavy atom. The zero-order valence-corrected chi connectivity index (χ0v) is 13.2. The van der Waals surface area contributed by atoms with Crippen LogP contribution in [0, 0.1) is 11.7 Å². The van der Waals surface area contributed by atoms with Crippen molar-refractivity contribution in [1.29, 1.82) is 0 Å². The second-order valence-electron chi connectivity index (χ2n) is 5.36. The SMILES string of the molecule is CSCCC(=O)N1CCC[C@@H](COc2cccc(F)c2)C1. The Balaban J connectivity index is 1.80. The number of rotatable bonds is 6. The largest absolute Gasteiger partial charge is 0.493 e. The molecule has 2 rings (SSSR count). The van der Waals surface area contributed by atoms with Crippen LogP contribution in [0.3, 0.4) is 0 Å². The van der Waals surface area contributed by atoms with E-state index in [2.05, 4.69) is 0 Å². The van der Waals surface area contributed by atoms with E-state index in [0.717, 1.165) is 31.7 Å². The summed E-state index contributed by atoms with van der Waals surface area (Å²) in [5.41, 5.74) is 0. The second kappa shape index (κ2) is 8.27. The van der Waals surface area contributed by atoms with E-state index in [1.807, 2.05) is 11.2 Å². The lowest BCUT2D eigenvalue weighted by Crippen LogP contribution is -2.41. The van der Waals surface area contributed by atoms with E-state index in [9.17, 15) is 9.18 Å². The van der Waals surface area contributed by atoms with Crippen molar-refractivity contribution >= 4 is 17.7 Å². The van der Waals surface area contributed by atoms with Gasteiger partial charge in [0.25, 0.3) is 0 Å². The number of carbonyl (C=O) groups is 1. The van der Waals surface area contributed by atoms with Gasteiger partial charge in [0.05, 0.1) is 6.61 Å². The van der Waals surface area contributed by atoms with E-state index >= 15 is 0 Å². The molecule has 116 valence electrons. The molecule has 1 aromatic carbocycles. The average Bonchev–Trinajstić information content (AvgIpc) is 2.51. The van der Waals surface area contributed by atoms with Gasteiger partial charge < -0.3 is 9.64 Å². The molecular weight excluding hydrogens is 289 g/mol. The molecular formula is C16H22FNO2S. The molecule has 0 saturated carbocycles. The van der Waals surface area contributed by atoms with Crippen LogP contribution in [-0.4, -0.2) is 42.5 Å². The van der Waals surface area contributed by atoms with Gasteiger partial charge in [-0.05, 0) is 31.2 Å². The normalized spacial score (nSPS) is 18.6. The first-order valence-corrected chi connectivity index (χ1v) is 8.73. The molecule has 3 nitrogen and oxygen atoms in total. The highest BCUT2D eigenvalue weighted by atomic mass is 32.2. The zero-order chi connectivity index (χ0) is 15.1. The minimum absolute atomic E-state index is 0.236. The summed E-state index contributed by atoms with van der Waals surface area (Å²) in [6.07, 6.45) is 4.70. The molecule has 1 atom stereocenters. The summed E-state index contributed by atoms with van der Waals surface area (Å²) in [4.78, 5) is 14.0. The molecule has 1 heterocycles. The maximum absolute atomic E-state index is 13.1. The van der Waals surface area contributed by atoms with Gasteiger partial charge >= 0.3 is 0 Å². The molecule has 1 fully saturated rings. The molecule has 0 spiro atoms. The van der Waals surface area contributed by atoms with Gasteiger partial charge in [-0.25, -0.2) is 4.39 Å². The predicted octanol–water partition coefficient (Wildman–Crippen LogP) is 3.20. The molecule has 0 unspecified atom stereocenters. The van der Waals surface area contributed by atoms with Crippen molar-refractivity contribution in [1.82, 2.24) is 4.90 Å². The van der Waals surface area contributed by atoms with E-state index in [0.29, 0.717) is 24.7 Å². The minimum Gasteiger partial charge on any atom is -0.493 e. The molecule has 0 bridgehead atoms. The number of thioether (sulfide) groups is 1. The number of piperidine rings is 1. The van der Waals surface area contributed by atoms with Gasteiger partial charge in [-0.2, -0.15) is 11.8 Å². The summed E-state index contributed by atoms with van der Waals surface area (Å²) < 4.78 is 18.7. The minimum atomic E-state index is -0.287. The van der Waals surface area contributed by atoms with Crippen LogP contribution in [0.1, 0.15) is 19.3 Å². The number of ether oxygens (including phenoxy) is 1. The van der Waals surface area contributed by atoms with E-state index in [-0.39, 0.29) is 11.7 Å². The van der Waals surface area contributed by atoms with Gasteiger partial charge in [0.2, 0.25) is 5.91 Å². The monoisotopic (exact) mass is 311 g/mol. The highest BCUT2D eigenvalue weighted by Gasteiger charge is 2.23. The number of carbonyl (C=O) groups excluding carboxylic acids is 1. The van der Waals surface area contributed by atoms with Crippen molar-refractivity contribution in [2.75, 3.05) is 31.7 Å². The summed E-state index contributed by atoms with van der Waals surface area (Å²) in [5.74, 6) is 1.71. The smallest absolute Gasteiger partial charge is 0.223 e. The fraction of sp³-hybridized carbons (Fsp3) is 0.562. The Labute approximate surface area is 129 Å². The van der Waals surface area contributed by atoms with Crippen LogP contribution < -0.4 is 4.74 Å². The third-order valence-electron chi connectivity index (χ3n) is 3.67. The quantitative estimate of drug-likeness (QED) is 0.808. The lowest BCUT2D eigenvalue weighted by atomic mass is 9.99. The number of hydrogen-bond donors (Lipinski definition) is 0. The van der Waals surface area contributed by atoms with Gasteiger partial charge in [0, 0.05) is 37.2 Å². The Hall–Kier alpha value is -1.23. The van der Waals surface area contributed by atoms with Crippen LogP contribution in [0.25, 0.3) is 0 Å². The third-order valence-corrected chi connectivity index (χ3v) is 4.29. The summed E-state index contributed by atoms with van der Waals surface area (Å²) in [6.45, 7) is 2.14. The fourth-order valence-electron chi connectivity index (χ4n) is 2.55. The first kappa shape index (κ1) is 16.1. The zero-order valence-electron chi connectivity index (χ0n) is 12.4. The first-order chi connectivity index (χ1) is 10.2. The van der Waals surface area contributed by atoms with Crippen molar-refractivity contribution in [3.05, 3.63) is 30.1 Å². The number of halogens is 1. The predicted molar refractivity (Wildman–Crippen MR) is 84.2 cm³/mol. The molecule has 1 amide bonds. The van der Waals surface area contributed by atoms with Crippen LogP contribution >= 0.6 is 11.8 Å². The number of nitrogens with zero attached hydrogens (tertiary/aromatic N) is 1. The average molecular weight is 311 g/mol. The molecule has 21 heavy (non-hydrogen) atoms. The summed E-state index contributed by atoms with van der Waals surface area (Å²) in [7, 11) is 0. The van der Waals surface area contributed by atoms with Gasteiger partial charge in [0.15, 0.2) is 0 Å². The molecule has 1 saturated heterocycles. The summed E-state index contributed by atoms with van der Waals surface area (Å²) in [5, 5.41) is 0. The Morgan fingerprint density at radius 1 is 1.52 bits per heavy atom. The van der Waals surface area contributed by atoms with Crippen molar-refractivity contribution in [2.45, 2.75) is 19.3 Å². The van der Waals surface area contributed by atoms with Crippen molar-refractivity contribution in [3.8, 4) is 5.75 Å². The van der Waals surface area contributed by atoms with Crippen molar-refractivity contribution in [3.63, 3.8) is 0 Å². The number of hydrogen-bond acceptors (Lipinski definition) is 3. The highest BCUT2D eigenvalue weighted by molar-refractivity contribution is 7.98. The maximum Gasteiger partial charge on any atom is 0.223 e. The second-order valence-corrected chi connectivity index (χ2v) is 6.34. The molecule has 1 aliphatic heterocycles. The molecule has 1 aliphatic rings. The highest BCUT2D eigenvalue weighted by Crippen LogP contribution is 2.20. The van der Waals surface area contributed by atoms with Gasteiger partial charge in [-0.3, -0.25) is 4.79 Å². The van der Waals surface area contributed by atoms with E-state index in [1.54, 1.807) is 23.9 Å². The molecule has 0 aromatic heterocycles.